The van der Waals surface area contributed by atoms with Crippen molar-refractivity contribution in [2.24, 2.45) is 17.4 Å². The first-order chi connectivity index (χ1) is 54.4. The molecule has 2 saturated heterocycles. The second-order valence-electron chi connectivity index (χ2n) is 26.7. The lowest BCUT2D eigenvalue weighted by molar-refractivity contribution is -0.126. The normalized spacial score (nSPS) is 14.2. The number of benzene rings is 6. The van der Waals surface area contributed by atoms with E-state index in [1.807, 2.05) is 165 Å². The zero-order valence-electron chi connectivity index (χ0n) is 63.1. The number of urea groups is 1. The van der Waals surface area contributed by atoms with Crippen LogP contribution >= 0.6 is 15.9 Å². The number of nitrogens with two attached hydrogens (primary N) is 2. The molecule has 1 unspecified atom stereocenters. The highest BCUT2D eigenvalue weighted by molar-refractivity contribution is 9.10. The molecule has 2 fully saturated rings. The number of primary amides is 1. The Bertz CT molecular complexity index is 5830. The number of hydrogen-bond donors (Lipinski definition) is 4. The van der Waals surface area contributed by atoms with Gasteiger partial charge in [0.05, 0.1) is 67.5 Å². The third kappa shape index (κ3) is 18.6. The Morgan fingerprint density at radius 1 is 0.566 bits per heavy atom. The first kappa shape index (κ1) is 79.3. The highest BCUT2D eigenvalue weighted by Gasteiger charge is 2.46. The number of rotatable bonds is 22. The molecule has 6 N–H and O–H groups in total. The SMILES string of the molecule is C=C(N)c1cccnc1COc1cc(Br)cc2ncccc12.C=S(C)(=O)c1ccc(-c2cc(OCc3ncccc3C(N)=O)c3cccnc3c2)cc1.COc1cc(-c2cc(OCN3C(=O)NC(=O)C3(C)C)c3cccnc3c2)cc(OC)c1OC.COc1ccc(-c2cc(O[C@H](C)[C@H]3CNC(=O)C3)c3cccnc3c2)cn1. The number of halogens is 1. The predicted molar refractivity (Wildman–Crippen MR) is 439 cm³/mol. The fraction of sp³-hybridized carbons (Fsp3) is 0.186. The van der Waals surface area contributed by atoms with Crippen LogP contribution in [0.25, 0.3) is 82.7 Å². The van der Waals surface area contributed by atoms with Gasteiger partial charge in [-0.2, -0.15) is 0 Å². The maximum absolute atomic E-state index is 12.2. The number of aromatic nitrogens is 7. The van der Waals surface area contributed by atoms with Crippen LogP contribution in [0.15, 0.2) is 229 Å². The Kier molecular flexibility index (Phi) is 24.7. The molecule has 2 aliphatic heterocycles. The quantitative estimate of drug-likeness (QED) is 0.0362. The van der Waals surface area contributed by atoms with Gasteiger partial charge in [0.1, 0.15) is 47.9 Å². The van der Waals surface area contributed by atoms with Gasteiger partial charge in [-0.25, -0.2) is 9.78 Å². The van der Waals surface area contributed by atoms with Crippen LogP contribution in [0.2, 0.25) is 0 Å². The molecule has 0 bridgehead atoms. The Morgan fingerprint density at radius 2 is 1.03 bits per heavy atom. The fourth-order valence-corrected chi connectivity index (χ4v) is 13.7. The summed E-state index contributed by atoms with van der Waals surface area (Å²) in [6, 6.07) is 52.2. The van der Waals surface area contributed by atoms with E-state index in [0.29, 0.717) is 81.6 Å². The molecule has 5 amide bonds. The van der Waals surface area contributed by atoms with E-state index in [0.717, 1.165) is 98.7 Å². The van der Waals surface area contributed by atoms with Crippen molar-refractivity contribution < 1.29 is 61.3 Å². The van der Waals surface area contributed by atoms with Crippen molar-refractivity contribution in [2.75, 3.05) is 48.0 Å². The van der Waals surface area contributed by atoms with Gasteiger partial charge in [-0.05, 0) is 216 Å². The van der Waals surface area contributed by atoms with Crippen molar-refractivity contribution >= 4 is 104 Å². The molecule has 9 heterocycles. The van der Waals surface area contributed by atoms with E-state index in [-0.39, 0.29) is 37.2 Å². The second kappa shape index (κ2) is 35.2. The topological polar surface area (TPSA) is 329 Å². The van der Waals surface area contributed by atoms with Gasteiger partial charge in [0.2, 0.25) is 17.5 Å². The lowest BCUT2D eigenvalue weighted by Crippen LogP contribution is -2.46. The summed E-state index contributed by atoms with van der Waals surface area (Å²) in [5.41, 5.74) is 21.6. The minimum Gasteiger partial charge on any atom is -0.493 e. The number of nitrogens with one attached hydrogen (secondary N) is 2. The molecule has 3 atom stereocenters. The molecule has 27 heteroatoms. The number of fused-ring (bicyclic) bond motifs is 4. The first-order valence-corrected chi connectivity index (χ1v) is 38.4. The summed E-state index contributed by atoms with van der Waals surface area (Å²) in [5, 5.41) is 8.71. The van der Waals surface area contributed by atoms with Crippen molar-refractivity contribution in [1.82, 2.24) is 50.4 Å². The summed E-state index contributed by atoms with van der Waals surface area (Å²) in [5.74, 6) is 7.80. The maximum Gasteiger partial charge on any atom is 0.327 e. The predicted octanol–water partition coefficient (Wildman–Crippen LogP) is 14.4. The summed E-state index contributed by atoms with van der Waals surface area (Å²) in [7, 11) is 3.98. The summed E-state index contributed by atoms with van der Waals surface area (Å²) in [6.45, 7) is 10.1. The zero-order chi connectivity index (χ0) is 80.1. The van der Waals surface area contributed by atoms with Gasteiger partial charge < -0.3 is 54.7 Å². The van der Waals surface area contributed by atoms with Crippen molar-refractivity contribution in [2.45, 2.75) is 56.9 Å². The van der Waals surface area contributed by atoms with Gasteiger partial charge in [-0.15, -0.1) is 0 Å². The van der Waals surface area contributed by atoms with Crippen molar-refractivity contribution in [3.63, 3.8) is 0 Å². The largest absolute Gasteiger partial charge is 0.493 e. The van der Waals surface area contributed by atoms with Crippen LogP contribution in [0.4, 0.5) is 4.79 Å². The molecule has 6 aromatic carbocycles. The standard InChI is InChI=1S/C24H25N3O6.C24H21N3O3S.C21H21N3O3.C17H14BrN3O/c1-24(2)22(28)26-23(29)27(24)13-33-18-10-14(9-17-16(18)7-6-8-25-17)15-11-19(30-3)21(32-5)20(12-15)31-4;1-31(2,29)18-9-7-16(8-10-18)17-13-21-19(5-3-11-26-21)23(14-17)30-15-22-20(24(25)28)6-4-12-27-22;1-13(16-10-20(25)23-12-16)27-19-9-15(8-18-17(19)4-3-7-22-18)14-5-6-21(26-2)24-11-14;1-11(19)13-4-2-7-21-16(13)10-22-17-9-12(18)8-15-14(17)5-3-6-20-15/h6-12H,13H2,1-5H3,(H,26,28,29);3-14H,1,15H2,2H3,(H2,25,28);3-9,11,13,16H,10,12H2,1-2H3,(H,23,25);2-9H,1,10,19H2/t;;13-,16-;/m..1./s1. The first-order valence-electron chi connectivity index (χ1n) is 35.4. The van der Waals surface area contributed by atoms with Gasteiger partial charge in [-0.3, -0.25) is 58.7 Å². The molecule has 0 aliphatic carbocycles. The highest BCUT2D eigenvalue weighted by atomic mass is 79.9. The monoisotopic (exact) mass is 1600 g/mol. The van der Waals surface area contributed by atoms with Crippen LogP contribution < -0.4 is 60.0 Å². The summed E-state index contributed by atoms with van der Waals surface area (Å²) >= 11 is 3.48. The van der Waals surface area contributed by atoms with Gasteiger partial charge in [0, 0.05) is 122 Å². The number of nitrogens with zero attached hydrogens (tertiary/aromatic N) is 8. The molecule has 13 aromatic rings. The van der Waals surface area contributed by atoms with Crippen molar-refractivity contribution in [3.8, 4) is 79.5 Å². The Balaban J connectivity index is 0.000000141. The number of carbonyl (C=O) groups excluding carboxylic acids is 4. The molecule has 113 heavy (non-hydrogen) atoms. The Morgan fingerprint density at radius 3 is 1.50 bits per heavy atom. The van der Waals surface area contributed by atoms with Crippen LogP contribution in [0.1, 0.15) is 54.5 Å². The molecule has 15 rings (SSSR count). The van der Waals surface area contributed by atoms with Crippen molar-refractivity contribution in [3.05, 3.63) is 247 Å². The lowest BCUT2D eigenvalue weighted by Gasteiger charge is -2.27. The molecule has 7 aromatic heterocycles. The molecular formula is C86H81BrN12O13S. The van der Waals surface area contributed by atoms with Crippen LogP contribution in [0.5, 0.6) is 46.1 Å². The number of imide groups is 1. The average molecular weight is 1600 g/mol. The van der Waals surface area contributed by atoms with Gasteiger partial charge >= 0.3 is 6.03 Å². The smallest absolute Gasteiger partial charge is 0.327 e. The van der Waals surface area contributed by atoms with Crippen LogP contribution in [-0.2, 0) is 32.3 Å². The summed E-state index contributed by atoms with van der Waals surface area (Å²) < 4.78 is 59.0. The number of hydrogen-bond acceptors (Lipinski definition) is 21. The van der Waals surface area contributed by atoms with E-state index in [9.17, 15) is 23.4 Å². The molecule has 25 nitrogen and oxygen atoms in total. The van der Waals surface area contributed by atoms with Gasteiger partial charge in [0.15, 0.2) is 18.2 Å². The summed E-state index contributed by atoms with van der Waals surface area (Å²) in [4.78, 5) is 80.2. The van der Waals surface area contributed by atoms with E-state index < -0.39 is 27.0 Å². The zero-order valence-corrected chi connectivity index (χ0v) is 65.5. The van der Waals surface area contributed by atoms with Gasteiger partial charge in [-0.1, -0.05) is 34.6 Å². The number of ether oxygens (including phenoxy) is 8. The third-order valence-corrected chi connectivity index (χ3v) is 20.5. The number of methoxy groups -OCH3 is 4. The van der Waals surface area contributed by atoms with E-state index in [4.69, 9.17) is 49.4 Å². The van der Waals surface area contributed by atoms with E-state index in [2.05, 4.69) is 73.9 Å². The number of carbonyl (C=O) groups is 4. The molecule has 0 radical (unpaired) electrons. The Hall–Kier alpha value is -13.3. The Labute approximate surface area is 660 Å². The van der Waals surface area contributed by atoms with Gasteiger partial charge in [0.25, 0.3) is 11.8 Å². The molecule has 2 aliphatic rings. The average Bonchev–Trinajstić information content (AvgIpc) is 1.77. The van der Waals surface area contributed by atoms with Crippen LogP contribution in [0.3, 0.4) is 0 Å². The lowest BCUT2D eigenvalue weighted by atomic mass is 10.0. The van der Waals surface area contributed by atoms with E-state index >= 15 is 0 Å². The van der Waals surface area contributed by atoms with Crippen molar-refractivity contribution in [1.29, 1.82) is 0 Å². The molecule has 0 spiro atoms. The van der Waals surface area contributed by atoms with E-state index in [1.165, 1.54) is 4.90 Å². The second-order valence-corrected chi connectivity index (χ2v) is 30.1. The van der Waals surface area contributed by atoms with E-state index in [1.54, 1.807) is 104 Å². The molecule has 0 saturated carbocycles. The number of amides is 5. The third-order valence-electron chi connectivity index (χ3n) is 18.8. The van der Waals surface area contributed by atoms with Crippen LogP contribution in [0, 0.1) is 5.92 Å². The molecular weight excluding hydrogens is 1520 g/mol. The van der Waals surface area contributed by atoms with Crippen LogP contribution in [-0.4, -0.2) is 133 Å². The fourth-order valence-electron chi connectivity index (χ4n) is 12.6. The minimum absolute atomic E-state index is 0.0834. The maximum atomic E-state index is 12.2. The molecule has 576 valence electrons. The highest BCUT2D eigenvalue weighted by Crippen LogP contribution is 2.44. The minimum atomic E-state index is -2.28. The number of pyridine rings is 7. The summed E-state index contributed by atoms with van der Waals surface area (Å²) in [6.07, 6.45) is 14.1.